The largest absolute Gasteiger partial charge is 0.306 e. The van der Waals surface area contributed by atoms with Gasteiger partial charge in [0.05, 0.1) is 11.4 Å². The van der Waals surface area contributed by atoms with E-state index in [0.29, 0.717) is 5.56 Å². The third-order valence-corrected chi connectivity index (χ3v) is 5.41. The van der Waals surface area contributed by atoms with E-state index >= 15 is 0 Å². The van der Waals surface area contributed by atoms with Gasteiger partial charge in [0, 0.05) is 22.6 Å². The minimum atomic E-state index is -0.102. The molecule has 0 radical (unpaired) electrons. The van der Waals surface area contributed by atoms with Gasteiger partial charge in [-0.1, -0.05) is 35.9 Å². The number of nitrogens with one attached hydrogen (secondary N) is 1. The number of aryl methyl sites for hydroxylation is 2. The number of hydrogen-bond donors (Lipinski definition) is 1. The summed E-state index contributed by atoms with van der Waals surface area (Å²) in [6, 6.07) is 15.7. The van der Waals surface area contributed by atoms with Crippen LogP contribution in [0.25, 0.3) is 5.69 Å². The third-order valence-electron chi connectivity index (χ3n) is 4.44. The molecule has 0 saturated heterocycles. The van der Waals surface area contributed by atoms with Crippen molar-refractivity contribution in [3.8, 4) is 5.69 Å². The van der Waals surface area contributed by atoms with Crippen LogP contribution in [0.4, 0.5) is 5.82 Å². The van der Waals surface area contributed by atoms with Crippen molar-refractivity contribution in [1.82, 2.24) is 9.78 Å². The molecule has 4 nitrogen and oxygen atoms in total. The lowest BCUT2D eigenvalue weighted by atomic mass is 10.1. The normalized spacial score (nSPS) is 12.9. The number of carbonyl (C=O) groups excluding carboxylic acids is 1. The zero-order valence-corrected chi connectivity index (χ0v) is 15.1. The lowest BCUT2D eigenvalue weighted by Gasteiger charge is -2.13. The van der Waals surface area contributed by atoms with Crippen molar-refractivity contribution in [1.29, 1.82) is 0 Å². The molecule has 0 atom stereocenters. The summed E-state index contributed by atoms with van der Waals surface area (Å²) in [6.45, 7) is 4.07. The van der Waals surface area contributed by atoms with Gasteiger partial charge in [0.1, 0.15) is 5.82 Å². The van der Waals surface area contributed by atoms with Crippen LogP contribution in [0.3, 0.4) is 0 Å². The summed E-state index contributed by atoms with van der Waals surface area (Å²) in [6.07, 6.45) is 0. The van der Waals surface area contributed by atoms with Gasteiger partial charge >= 0.3 is 0 Å². The number of amides is 1. The van der Waals surface area contributed by atoms with Gasteiger partial charge in [0.2, 0.25) is 0 Å². The van der Waals surface area contributed by atoms with Gasteiger partial charge in [-0.25, -0.2) is 4.68 Å². The van der Waals surface area contributed by atoms with E-state index in [-0.39, 0.29) is 5.91 Å². The molecule has 3 aromatic rings. The van der Waals surface area contributed by atoms with Crippen molar-refractivity contribution in [3.05, 3.63) is 76.5 Å². The van der Waals surface area contributed by atoms with Crippen molar-refractivity contribution in [2.24, 2.45) is 0 Å². The smallest absolute Gasteiger partial charge is 0.256 e. The Kier molecular flexibility index (Phi) is 4.09. The summed E-state index contributed by atoms with van der Waals surface area (Å²) >= 11 is 1.83. The SMILES string of the molecule is Cc1ccc(C(=O)Nc2c3c(nn2-c2ccccc2C)CSC3)cc1. The van der Waals surface area contributed by atoms with Gasteiger partial charge in [0.25, 0.3) is 5.91 Å². The first-order valence-electron chi connectivity index (χ1n) is 8.26. The van der Waals surface area contributed by atoms with E-state index in [1.807, 2.05) is 65.8 Å². The highest BCUT2D eigenvalue weighted by molar-refractivity contribution is 7.98. The summed E-state index contributed by atoms with van der Waals surface area (Å²) in [5.41, 5.74) is 6.12. The average molecular weight is 349 g/mol. The number of thioether (sulfide) groups is 1. The Morgan fingerprint density at radius 3 is 2.60 bits per heavy atom. The topological polar surface area (TPSA) is 46.9 Å². The molecule has 1 aromatic heterocycles. The lowest BCUT2D eigenvalue weighted by Crippen LogP contribution is -2.16. The molecule has 1 aliphatic rings. The quantitative estimate of drug-likeness (QED) is 0.758. The molecule has 4 rings (SSSR count). The molecule has 2 heterocycles. The van der Waals surface area contributed by atoms with Crippen LogP contribution in [0.1, 0.15) is 32.7 Å². The first-order valence-corrected chi connectivity index (χ1v) is 9.41. The average Bonchev–Trinajstić information content (AvgIpc) is 3.19. The number of anilines is 1. The van der Waals surface area contributed by atoms with Crippen molar-refractivity contribution in [2.45, 2.75) is 25.4 Å². The third kappa shape index (κ3) is 2.96. The second-order valence-electron chi connectivity index (χ2n) is 6.29. The molecule has 0 aliphatic carbocycles. The van der Waals surface area contributed by atoms with Crippen molar-refractivity contribution in [3.63, 3.8) is 0 Å². The molecule has 0 saturated carbocycles. The molecule has 0 bridgehead atoms. The fraction of sp³-hybridized carbons (Fsp3) is 0.200. The minimum absolute atomic E-state index is 0.102. The van der Waals surface area contributed by atoms with E-state index < -0.39 is 0 Å². The summed E-state index contributed by atoms with van der Waals surface area (Å²) in [4.78, 5) is 12.7. The number of aromatic nitrogens is 2. The number of nitrogens with zero attached hydrogens (tertiary/aromatic N) is 2. The van der Waals surface area contributed by atoms with Gasteiger partial charge in [0.15, 0.2) is 0 Å². The van der Waals surface area contributed by atoms with Gasteiger partial charge in [-0.15, -0.1) is 0 Å². The van der Waals surface area contributed by atoms with Gasteiger partial charge in [-0.2, -0.15) is 16.9 Å². The van der Waals surface area contributed by atoms with E-state index in [1.54, 1.807) is 0 Å². The number of benzene rings is 2. The van der Waals surface area contributed by atoms with Gasteiger partial charge < -0.3 is 5.32 Å². The van der Waals surface area contributed by atoms with Crippen LogP contribution in [-0.4, -0.2) is 15.7 Å². The molecule has 1 aliphatic heterocycles. The van der Waals surface area contributed by atoms with Crippen LogP contribution < -0.4 is 5.32 Å². The predicted octanol–water partition coefficient (Wildman–Crippen LogP) is 4.49. The molecule has 0 spiro atoms. The maximum atomic E-state index is 12.7. The first-order chi connectivity index (χ1) is 12.1. The monoisotopic (exact) mass is 349 g/mol. The Morgan fingerprint density at radius 1 is 1.08 bits per heavy atom. The van der Waals surface area contributed by atoms with Crippen LogP contribution in [0.15, 0.2) is 48.5 Å². The van der Waals surface area contributed by atoms with Gasteiger partial charge in [-0.3, -0.25) is 4.79 Å². The summed E-state index contributed by atoms with van der Waals surface area (Å²) < 4.78 is 1.88. The van der Waals surface area contributed by atoms with E-state index in [4.69, 9.17) is 5.10 Å². The van der Waals surface area contributed by atoms with Crippen molar-refractivity contribution < 1.29 is 4.79 Å². The lowest BCUT2D eigenvalue weighted by molar-refractivity contribution is 0.102. The molecular weight excluding hydrogens is 330 g/mol. The number of hydrogen-bond acceptors (Lipinski definition) is 3. The second kappa shape index (κ2) is 6.41. The Bertz CT molecular complexity index is 944. The van der Waals surface area contributed by atoms with Crippen molar-refractivity contribution >= 4 is 23.5 Å². The number of fused-ring (bicyclic) bond motifs is 1. The number of carbonyl (C=O) groups is 1. The Hall–Kier alpha value is -2.53. The zero-order valence-electron chi connectivity index (χ0n) is 14.2. The summed E-state index contributed by atoms with van der Waals surface area (Å²) in [5, 5.41) is 7.86. The molecule has 25 heavy (non-hydrogen) atoms. The highest BCUT2D eigenvalue weighted by Gasteiger charge is 2.25. The van der Waals surface area contributed by atoms with E-state index in [0.717, 1.165) is 45.4 Å². The maximum Gasteiger partial charge on any atom is 0.256 e. The minimum Gasteiger partial charge on any atom is -0.306 e. The fourth-order valence-corrected chi connectivity index (χ4v) is 4.04. The van der Waals surface area contributed by atoms with Crippen LogP contribution in [-0.2, 0) is 11.5 Å². The summed E-state index contributed by atoms with van der Waals surface area (Å²) in [7, 11) is 0. The highest BCUT2D eigenvalue weighted by atomic mass is 32.2. The molecule has 126 valence electrons. The standard InChI is InChI=1S/C20H19N3OS/c1-13-7-9-15(10-8-13)20(24)21-19-16-11-25-12-17(16)22-23(19)18-6-4-3-5-14(18)2/h3-10H,11-12H2,1-2H3,(H,21,24). The molecule has 0 unspecified atom stereocenters. The number of rotatable bonds is 3. The molecular formula is C20H19N3OS. The fourth-order valence-electron chi connectivity index (χ4n) is 3.00. The Balaban J connectivity index is 1.75. The first kappa shape index (κ1) is 16.0. The Morgan fingerprint density at radius 2 is 1.84 bits per heavy atom. The van der Waals surface area contributed by atoms with E-state index in [1.165, 1.54) is 0 Å². The number of para-hydroxylation sites is 1. The van der Waals surface area contributed by atoms with Crippen LogP contribution in [0.5, 0.6) is 0 Å². The summed E-state index contributed by atoms with van der Waals surface area (Å²) in [5.74, 6) is 2.46. The van der Waals surface area contributed by atoms with Crippen LogP contribution >= 0.6 is 11.8 Å². The highest BCUT2D eigenvalue weighted by Crippen LogP contribution is 2.36. The van der Waals surface area contributed by atoms with Crippen molar-refractivity contribution in [2.75, 3.05) is 5.32 Å². The predicted molar refractivity (Wildman–Crippen MR) is 102 cm³/mol. The second-order valence-corrected chi connectivity index (χ2v) is 7.27. The van der Waals surface area contributed by atoms with E-state index in [2.05, 4.69) is 18.3 Å². The zero-order chi connectivity index (χ0) is 17.4. The van der Waals surface area contributed by atoms with Gasteiger partial charge in [-0.05, 0) is 37.6 Å². The molecule has 2 aromatic carbocycles. The molecule has 0 fully saturated rings. The van der Waals surface area contributed by atoms with Crippen LogP contribution in [0.2, 0.25) is 0 Å². The molecule has 5 heteroatoms. The molecule has 1 N–H and O–H groups in total. The van der Waals surface area contributed by atoms with E-state index in [9.17, 15) is 4.79 Å². The maximum absolute atomic E-state index is 12.7. The van der Waals surface area contributed by atoms with Crippen LogP contribution in [0, 0.1) is 13.8 Å². The molecule has 1 amide bonds. The Labute approximate surface area is 151 Å².